The minimum absolute atomic E-state index is 0.0903. The summed E-state index contributed by atoms with van der Waals surface area (Å²) in [7, 11) is 0. The molecule has 0 aromatic heterocycles. The summed E-state index contributed by atoms with van der Waals surface area (Å²) in [5.41, 5.74) is 4.26. The van der Waals surface area contributed by atoms with Gasteiger partial charge in [-0.2, -0.15) is 0 Å². The van der Waals surface area contributed by atoms with Crippen molar-refractivity contribution in [1.82, 2.24) is 0 Å². The lowest BCUT2D eigenvalue weighted by Crippen LogP contribution is -2.00. The van der Waals surface area contributed by atoms with Gasteiger partial charge in [0.2, 0.25) is 0 Å². The summed E-state index contributed by atoms with van der Waals surface area (Å²) in [6.07, 6.45) is 1.20. The van der Waals surface area contributed by atoms with Crippen LogP contribution in [-0.2, 0) is 0 Å². The fraction of sp³-hybridized carbons (Fsp3) is 0.136. The number of hydrogen-bond acceptors (Lipinski definition) is 1. The lowest BCUT2D eigenvalue weighted by Gasteiger charge is -2.04. The Morgan fingerprint density at radius 1 is 0.609 bits per heavy atom. The van der Waals surface area contributed by atoms with E-state index >= 15 is 0 Å². The van der Waals surface area contributed by atoms with Gasteiger partial charge in [-0.3, -0.25) is 4.79 Å². The van der Waals surface area contributed by atoms with Crippen molar-refractivity contribution in [3.63, 3.8) is 0 Å². The first kappa shape index (κ1) is 14.0. The number of carbonyl (C=O) groups excluding carboxylic acids is 1. The van der Waals surface area contributed by atoms with Crippen LogP contribution in [0.2, 0.25) is 0 Å². The second-order valence-corrected chi connectivity index (χ2v) is 6.18. The topological polar surface area (TPSA) is 17.1 Å². The number of benzene rings is 3. The maximum absolute atomic E-state index is 12.4. The first-order valence-electron chi connectivity index (χ1n) is 8.07. The molecular weight excluding hydrogens is 280 g/mol. The van der Waals surface area contributed by atoms with Gasteiger partial charge < -0.3 is 0 Å². The summed E-state index contributed by atoms with van der Waals surface area (Å²) in [4.78, 5) is 12.4. The van der Waals surface area contributed by atoms with Gasteiger partial charge >= 0.3 is 0 Å². The molecule has 0 N–H and O–H groups in total. The average molecular weight is 298 g/mol. The molecule has 0 saturated heterocycles. The molecule has 3 aromatic carbocycles. The first-order chi connectivity index (χ1) is 11.3. The maximum atomic E-state index is 12.4. The normalized spacial score (nSPS) is 19.3. The summed E-state index contributed by atoms with van der Waals surface area (Å²) in [6, 6.07) is 28.3. The molecular formula is C22H18O. The molecule has 4 rings (SSSR count). The van der Waals surface area contributed by atoms with Crippen molar-refractivity contribution >= 4 is 5.78 Å². The van der Waals surface area contributed by atoms with Crippen molar-refractivity contribution in [3.8, 4) is 0 Å². The Labute approximate surface area is 136 Å². The fourth-order valence-corrected chi connectivity index (χ4v) is 3.27. The molecule has 0 radical (unpaired) electrons. The summed E-state index contributed by atoms with van der Waals surface area (Å²) in [5.74, 6) is 1.32. The molecule has 1 nitrogen and oxygen atoms in total. The molecule has 1 fully saturated rings. The van der Waals surface area contributed by atoms with Gasteiger partial charge in [0.05, 0.1) is 0 Å². The highest BCUT2D eigenvalue weighted by Crippen LogP contribution is 2.54. The van der Waals surface area contributed by atoms with Crippen molar-refractivity contribution < 1.29 is 4.79 Å². The van der Waals surface area contributed by atoms with Gasteiger partial charge in [0.15, 0.2) is 5.78 Å². The van der Waals surface area contributed by atoms with E-state index in [0.29, 0.717) is 11.8 Å². The predicted molar refractivity (Wildman–Crippen MR) is 92.9 cm³/mol. The van der Waals surface area contributed by atoms with Gasteiger partial charge in [0.1, 0.15) is 0 Å². The molecule has 1 saturated carbocycles. The van der Waals surface area contributed by atoms with E-state index in [2.05, 4.69) is 42.5 Å². The lowest BCUT2D eigenvalue weighted by molar-refractivity contribution is 0.103. The van der Waals surface area contributed by atoms with E-state index in [1.807, 2.05) is 42.5 Å². The van der Waals surface area contributed by atoms with Gasteiger partial charge in [-0.25, -0.2) is 0 Å². The molecule has 0 unspecified atom stereocenters. The third kappa shape index (κ3) is 2.83. The Morgan fingerprint density at radius 3 is 1.70 bits per heavy atom. The molecule has 0 amide bonds. The minimum Gasteiger partial charge on any atom is -0.289 e. The molecule has 3 aromatic rings. The third-order valence-electron chi connectivity index (χ3n) is 4.66. The number of rotatable bonds is 4. The largest absolute Gasteiger partial charge is 0.289 e. The molecule has 1 aliphatic carbocycles. The highest BCUT2D eigenvalue weighted by atomic mass is 16.1. The molecule has 0 heterocycles. The van der Waals surface area contributed by atoms with E-state index in [0.717, 1.165) is 11.1 Å². The molecule has 112 valence electrons. The Balaban J connectivity index is 1.50. The number of hydrogen-bond donors (Lipinski definition) is 0. The molecule has 0 spiro atoms. The number of carbonyl (C=O) groups is 1. The van der Waals surface area contributed by atoms with E-state index in [-0.39, 0.29) is 5.78 Å². The van der Waals surface area contributed by atoms with Gasteiger partial charge in [-0.05, 0) is 29.4 Å². The second kappa shape index (κ2) is 5.85. The summed E-state index contributed by atoms with van der Waals surface area (Å²) >= 11 is 0. The summed E-state index contributed by atoms with van der Waals surface area (Å²) in [5, 5.41) is 0. The van der Waals surface area contributed by atoms with Crippen LogP contribution < -0.4 is 0 Å². The van der Waals surface area contributed by atoms with E-state index < -0.39 is 0 Å². The van der Waals surface area contributed by atoms with Crippen molar-refractivity contribution in [3.05, 3.63) is 107 Å². The van der Waals surface area contributed by atoms with Crippen molar-refractivity contribution in [2.75, 3.05) is 0 Å². The molecule has 23 heavy (non-hydrogen) atoms. The SMILES string of the molecule is O=C(c1ccccc1)c1ccc([C@H]2C[C@@H]2c2ccccc2)cc1. The number of ketones is 1. The van der Waals surface area contributed by atoms with Crippen LogP contribution in [0.4, 0.5) is 0 Å². The maximum Gasteiger partial charge on any atom is 0.193 e. The molecule has 1 aliphatic rings. The average Bonchev–Trinajstić information content (AvgIpc) is 3.44. The molecule has 1 heteroatoms. The zero-order valence-electron chi connectivity index (χ0n) is 12.9. The van der Waals surface area contributed by atoms with Crippen molar-refractivity contribution in [1.29, 1.82) is 0 Å². The smallest absolute Gasteiger partial charge is 0.193 e. The lowest BCUT2D eigenvalue weighted by atomic mass is 9.99. The zero-order valence-corrected chi connectivity index (χ0v) is 12.9. The van der Waals surface area contributed by atoms with Crippen LogP contribution >= 0.6 is 0 Å². The van der Waals surface area contributed by atoms with Gasteiger partial charge in [-0.15, -0.1) is 0 Å². The molecule has 2 atom stereocenters. The van der Waals surface area contributed by atoms with Crippen LogP contribution in [-0.4, -0.2) is 5.78 Å². The zero-order chi connectivity index (χ0) is 15.6. The molecule has 0 bridgehead atoms. The van der Waals surface area contributed by atoms with Crippen LogP contribution in [0.25, 0.3) is 0 Å². The Kier molecular flexibility index (Phi) is 3.55. The van der Waals surface area contributed by atoms with Crippen LogP contribution in [0.15, 0.2) is 84.9 Å². The van der Waals surface area contributed by atoms with E-state index in [4.69, 9.17) is 0 Å². The summed E-state index contributed by atoms with van der Waals surface area (Å²) < 4.78 is 0. The standard InChI is InChI=1S/C22H18O/c23-22(18-9-5-2-6-10-18)19-13-11-17(12-14-19)21-15-20(21)16-7-3-1-4-8-16/h1-14,20-21H,15H2/t20-,21-/m1/s1. The first-order valence-corrected chi connectivity index (χ1v) is 8.07. The van der Waals surface area contributed by atoms with Gasteiger partial charge in [0.25, 0.3) is 0 Å². The van der Waals surface area contributed by atoms with Crippen molar-refractivity contribution in [2.45, 2.75) is 18.3 Å². The Morgan fingerprint density at radius 2 is 1.09 bits per heavy atom. The quantitative estimate of drug-likeness (QED) is 0.606. The monoisotopic (exact) mass is 298 g/mol. The predicted octanol–water partition coefficient (Wildman–Crippen LogP) is 5.19. The van der Waals surface area contributed by atoms with Crippen LogP contribution in [0, 0.1) is 0 Å². The van der Waals surface area contributed by atoms with Crippen LogP contribution in [0.3, 0.4) is 0 Å². The summed E-state index contributed by atoms with van der Waals surface area (Å²) in [6.45, 7) is 0. The van der Waals surface area contributed by atoms with E-state index in [1.165, 1.54) is 17.5 Å². The van der Waals surface area contributed by atoms with Gasteiger partial charge in [-0.1, -0.05) is 84.9 Å². The van der Waals surface area contributed by atoms with Crippen LogP contribution in [0.1, 0.15) is 45.3 Å². The Hall–Kier alpha value is -2.67. The van der Waals surface area contributed by atoms with Crippen LogP contribution in [0.5, 0.6) is 0 Å². The minimum atomic E-state index is 0.0903. The Bertz CT molecular complexity index is 804. The highest BCUT2D eigenvalue weighted by molar-refractivity contribution is 6.08. The fourth-order valence-electron chi connectivity index (χ4n) is 3.27. The third-order valence-corrected chi connectivity index (χ3v) is 4.66. The van der Waals surface area contributed by atoms with E-state index in [1.54, 1.807) is 0 Å². The molecule has 0 aliphatic heterocycles. The van der Waals surface area contributed by atoms with Gasteiger partial charge in [0, 0.05) is 11.1 Å². The van der Waals surface area contributed by atoms with Crippen molar-refractivity contribution in [2.24, 2.45) is 0 Å². The van der Waals surface area contributed by atoms with E-state index in [9.17, 15) is 4.79 Å². The second-order valence-electron chi connectivity index (χ2n) is 6.18. The highest BCUT2D eigenvalue weighted by Gasteiger charge is 2.39.